The number of aromatic carboxylic acids is 1. The summed E-state index contributed by atoms with van der Waals surface area (Å²) in [7, 11) is -14.3. The van der Waals surface area contributed by atoms with Crippen LogP contribution in [0.3, 0.4) is 0 Å². The van der Waals surface area contributed by atoms with Crippen LogP contribution in [0, 0.1) is 0 Å². The van der Waals surface area contributed by atoms with Crippen molar-refractivity contribution in [3.8, 4) is 35.0 Å². The van der Waals surface area contributed by atoms with Crippen molar-refractivity contribution >= 4 is 107 Å². The molecular formula is C49H61Cl2F4N12O22PS4. The number of benzene rings is 2. The minimum Gasteiger partial charge on any atom is -0.778 e. The Morgan fingerprint density at radius 3 is 1.67 bits per heavy atom. The highest BCUT2D eigenvalue weighted by atomic mass is 35.5. The molecule has 0 saturated carbocycles. The molecule has 0 radical (unpaired) electrons. The van der Waals surface area contributed by atoms with Gasteiger partial charge in [0.15, 0.2) is 14.9 Å². The minimum atomic E-state index is -4.71. The van der Waals surface area contributed by atoms with Gasteiger partial charge in [-0.15, -0.1) is 5.10 Å². The smallest absolute Gasteiger partial charge is 0.442 e. The van der Waals surface area contributed by atoms with Crippen LogP contribution in [0.15, 0.2) is 90.9 Å². The Hall–Kier alpha value is -8.22. The topological polar surface area (TPSA) is 490 Å². The van der Waals surface area contributed by atoms with Crippen LogP contribution in [0.4, 0.5) is 39.0 Å². The number of alkyl halides is 4. The third kappa shape index (κ3) is 28.6. The fraction of sp³-hybridized carbons (Fsp3) is 0.367. The highest BCUT2D eigenvalue weighted by molar-refractivity contribution is 7.94. The van der Waals surface area contributed by atoms with Gasteiger partial charge >= 0.3 is 43.0 Å². The van der Waals surface area contributed by atoms with Gasteiger partial charge in [0.2, 0.25) is 41.3 Å². The lowest BCUT2D eigenvalue weighted by molar-refractivity contribution is -0.193. The molecule has 0 aliphatic heterocycles. The molecule has 0 fully saturated rings. The summed E-state index contributed by atoms with van der Waals surface area (Å²) in [6, 6.07) is 8.81. The van der Waals surface area contributed by atoms with E-state index >= 15 is 0 Å². The quantitative estimate of drug-likeness (QED) is 0.0253. The zero-order chi connectivity index (χ0) is 71.9. The first-order valence-electron chi connectivity index (χ1n) is 25.5. The van der Waals surface area contributed by atoms with Crippen LogP contribution >= 0.6 is 30.8 Å². The number of anilines is 2. The number of aliphatic carboxylic acids is 1. The maximum Gasteiger partial charge on any atom is 0.442 e. The van der Waals surface area contributed by atoms with E-state index in [2.05, 4.69) is 63.6 Å². The maximum absolute atomic E-state index is 12.5. The molecule has 2 aromatic carbocycles. The molecule has 4 heterocycles. The van der Waals surface area contributed by atoms with E-state index in [-0.39, 0.29) is 40.0 Å². The number of carboxylic acid groups (broad SMARTS) is 2. The number of amides is 4. The number of ether oxygens (including phenoxy) is 5. The first-order valence-corrected chi connectivity index (χ1v) is 35.1. The van der Waals surface area contributed by atoms with Gasteiger partial charge in [0.05, 0.1) is 91.1 Å². The first kappa shape index (κ1) is 81.9. The van der Waals surface area contributed by atoms with Crippen molar-refractivity contribution < 1.29 is 115 Å². The summed E-state index contributed by atoms with van der Waals surface area (Å²) in [5.74, 6) is -5.99. The molecule has 4 amide bonds. The Labute approximate surface area is 546 Å². The monoisotopic (exact) mass is 1470 g/mol. The number of sulfone groups is 1. The Morgan fingerprint density at radius 1 is 0.755 bits per heavy atom. The van der Waals surface area contributed by atoms with Crippen molar-refractivity contribution in [2.24, 2.45) is 0 Å². The lowest BCUT2D eigenvalue weighted by Crippen LogP contribution is -2.36. The second kappa shape index (κ2) is 36.4. The first-order chi connectivity index (χ1) is 43.3. The number of aromatic nitrogens is 7. The molecule has 0 spiro atoms. The number of sulfonamides is 2. The second-order valence-electron chi connectivity index (χ2n) is 19.1. The predicted molar refractivity (Wildman–Crippen MR) is 327 cm³/mol. The van der Waals surface area contributed by atoms with Crippen molar-refractivity contribution in [2.75, 3.05) is 62.2 Å². The number of nitrogens with zero attached hydrogens (tertiary/aromatic N) is 7. The average Bonchev–Trinajstić information content (AvgIpc) is 1.29. The van der Waals surface area contributed by atoms with Crippen LogP contribution < -0.4 is 59.7 Å². The summed E-state index contributed by atoms with van der Waals surface area (Å²) in [5.41, 5.74) is -0.666. The third-order valence-electron chi connectivity index (χ3n) is 9.58. The van der Waals surface area contributed by atoms with E-state index in [1.807, 2.05) is 39.9 Å². The lowest BCUT2D eigenvalue weighted by atomic mass is 9.97. The Morgan fingerprint density at radius 2 is 1.23 bits per heavy atom. The number of carbonyl (C=O) groups is 4. The van der Waals surface area contributed by atoms with Gasteiger partial charge in [-0.3, -0.25) is 20.7 Å². The number of urea groups is 2. The molecule has 0 aliphatic carbocycles. The summed E-state index contributed by atoms with van der Waals surface area (Å²) in [6.45, 7) is 3.52. The fourth-order valence-corrected chi connectivity index (χ4v) is 10.5. The Bertz CT molecular complexity index is 4010. The number of nitrogens with one attached hydrogen (secondary N) is 5. The second-order valence-corrected chi connectivity index (χ2v) is 29.5. The van der Waals surface area contributed by atoms with E-state index in [4.69, 9.17) is 56.9 Å². The molecule has 1 atom stereocenters. The van der Waals surface area contributed by atoms with Gasteiger partial charge < -0.3 is 52.7 Å². The molecule has 94 heavy (non-hydrogen) atoms. The van der Waals surface area contributed by atoms with Crippen LogP contribution in [0.25, 0.3) is 5.69 Å². The summed E-state index contributed by atoms with van der Waals surface area (Å²) in [5, 5.41) is 26.9. The average molecular weight is 1480 g/mol. The van der Waals surface area contributed by atoms with Crippen molar-refractivity contribution in [2.45, 2.75) is 81.1 Å². The predicted octanol–water partition coefficient (Wildman–Crippen LogP) is 4.96. The Balaban J connectivity index is 0.000000438. The van der Waals surface area contributed by atoms with E-state index in [0.717, 1.165) is 29.1 Å². The van der Waals surface area contributed by atoms with Crippen molar-refractivity contribution in [1.29, 1.82) is 0 Å². The van der Waals surface area contributed by atoms with Crippen molar-refractivity contribution in [1.82, 2.24) is 49.5 Å². The van der Waals surface area contributed by atoms with E-state index < -0.39 is 131 Å². The highest BCUT2D eigenvalue weighted by Crippen LogP contribution is 2.34. The van der Waals surface area contributed by atoms with Crippen LogP contribution in [0.5, 0.6) is 29.3 Å². The van der Waals surface area contributed by atoms with Gasteiger partial charge in [-0.1, -0.05) is 63.0 Å². The largest absolute Gasteiger partial charge is 0.778 e. The number of carbonyl (C=O) groups excluding carboxylic acids is 2. The van der Waals surface area contributed by atoms with Crippen molar-refractivity contribution in [3.63, 3.8) is 0 Å². The summed E-state index contributed by atoms with van der Waals surface area (Å²) >= 11 is 12.3. The van der Waals surface area contributed by atoms with Gasteiger partial charge in [-0.05, 0) is 55.1 Å². The van der Waals surface area contributed by atoms with Gasteiger partial charge in [0, 0.05) is 17.7 Å². The number of rotatable bonds is 22. The normalized spacial score (nSPS) is 11.9. The maximum atomic E-state index is 12.5. The van der Waals surface area contributed by atoms with E-state index in [1.54, 1.807) is 16.1 Å². The van der Waals surface area contributed by atoms with E-state index in [9.17, 15) is 76.2 Å². The number of hydrogen-bond donors (Lipinski definition) is 8. The van der Waals surface area contributed by atoms with Crippen molar-refractivity contribution in [3.05, 3.63) is 98.9 Å². The van der Waals surface area contributed by atoms with E-state index in [1.165, 1.54) is 56.2 Å². The fourth-order valence-electron chi connectivity index (χ4n) is 5.94. The number of methoxy groups -OCH3 is 2. The Kier molecular flexibility index (Phi) is 31.7. The van der Waals surface area contributed by atoms with Crippen LogP contribution in [0.2, 0.25) is 10.0 Å². The van der Waals surface area contributed by atoms with Gasteiger partial charge in [0.1, 0.15) is 23.1 Å². The number of pyridine rings is 1. The molecule has 6 aromatic rings. The number of hydrogen-bond acceptors (Lipinski definition) is 26. The molecule has 1 unspecified atom stereocenters. The highest BCUT2D eigenvalue weighted by Gasteiger charge is 2.30. The molecule has 0 saturated heterocycles. The molecule has 4 aromatic heterocycles. The van der Waals surface area contributed by atoms with Crippen LogP contribution in [-0.2, 0) is 55.6 Å². The van der Waals surface area contributed by atoms with Gasteiger partial charge in [-0.2, -0.15) is 50.6 Å². The standard InChI is InChI=1S/C15H18Cl2N2O3.C14H10F4N4O7S.C14H17N5O7S2.C3H8NO5P.C3H9S/c1-8(2)21-12-7-11(9(16)6-10(12)17)19-14(20)22-13(18-19)15(3,4)5;15-11(16)28-8-5-9(29-12(17)18)20-13(19-8)21-14(25)22-30(26,27)7-4-2-1-3-6(7)10(23)24;1-4-27(21,22)9-6-5-7-15-12(9)28(23,24)19-14(20)18-13-16-10(25-2)8-11(17-13)26-3;5-3(6)1-4-2-10(7,8)9;1-4(2)3/h6-8H,1-5H3;1-5,11-12H,(H,23,24)(H2,19,20,21,22,25);5-8H,4H2,1-3H3,(H2,16,17,18,19,20);4H,1-2H2,(H,5,6)(H2,7,8,9);1-3H3/q;;;;+1/p-1. The zero-order valence-corrected chi connectivity index (χ0v) is 56.5. The minimum absolute atomic E-state index is 0.0612. The molecule has 34 nitrogen and oxygen atoms in total. The molecule has 0 aliphatic rings. The third-order valence-corrected chi connectivity index (χ3v) is 15.4. The van der Waals surface area contributed by atoms with Gasteiger partial charge in [-0.25, -0.2) is 50.4 Å². The summed E-state index contributed by atoms with van der Waals surface area (Å²) in [6.07, 6.45) is 6.90. The van der Waals surface area contributed by atoms with Crippen LogP contribution in [-0.4, -0.2) is 170 Å². The zero-order valence-electron chi connectivity index (χ0n) is 50.8. The number of carboxylic acids is 2. The summed E-state index contributed by atoms with van der Waals surface area (Å²) in [4.78, 5) is 91.5. The molecule has 6 rings (SSSR count). The molecule has 520 valence electrons. The lowest BCUT2D eigenvalue weighted by Gasteiger charge is -2.14. The SMILES string of the molecule is CC(C)Oc1cc(-n2nc(C(C)(C)C)oc2=O)c(Cl)cc1Cl.CCS(=O)(=O)c1cccnc1S(=O)(=O)NC(=O)Nc1nc(OC)cc(OC)n1.C[S+](C)C.O=C(Nc1nc(OC(F)F)cc(OC(F)F)n1)NS(=O)(=O)c1ccccc1C(=O)O.O=C(O)CNCP(=O)([O-])O. The van der Waals surface area contributed by atoms with Gasteiger partial charge in [0.25, 0.3) is 20.0 Å². The van der Waals surface area contributed by atoms with E-state index in [0.29, 0.717) is 39.3 Å². The molecule has 45 heteroatoms. The molecule has 8 N–H and O–H groups in total. The molecular weight excluding hydrogens is 1410 g/mol. The number of halogens is 6. The molecule has 0 bridgehead atoms. The van der Waals surface area contributed by atoms with Crippen LogP contribution in [0.1, 0.15) is 57.8 Å². The summed E-state index contributed by atoms with van der Waals surface area (Å²) < 4.78 is 166.